The van der Waals surface area contributed by atoms with Crippen LogP contribution in [0.25, 0.3) is 38.9 Å². The van der Waals surface area contributed by atoms with Gasteiger partial charge in [0.2, 0.25) is 0 Å². The van der Waals surface area contributed by atoms with Gasteiger partial charge in [-0.2, -0.15) is 5.10 Å². The van der Waals surface area contributed by atoms with Gasteiger partial charge in [-0.05, 0) is 95.2 Å². The van der Waals surface area contributed by atoms with Crippen molar-refractivity contribution in [3.8, 4) is 16.9 Å². The van der Waals surface area contributed by atoms with Crippen molar-refractivity contribution in [2.75, 3.05) is 32.7 Å². The van der Waals surface area contributed by atoms with Crippen molar-refractivity contribution in [2.24, 2.45) is 18.4 Å². The summed E-state index contributed by atoms with van der Waals surface area (Å²) in [5.74, 6) is 0.553. The van der Waals surface area contributed by atoms with Crippen LogP contribution < -0.4 is 11.2 Å². The number of benzene rings is 1. The molecule has 4 aromatic heterocycles. The van der Waals surface area contributed by atoms with E-state index in [1.165, 1.54) is 10.8 Å². The number of H-pyrrole nitrogens is 1. The van der Waals surface area contributed by atoms with Crippen molar-refractivity contribution in [3.63, 3.8) is 0 Å². The molecule has 1 amide bonds. The van der Waals surface area contributed by atoms with Gasteiger partial charge in [0.15, 0.2) is 0 Å². The van der Waals surface area contributed by atoms with Crippen molar-refractivity contribution >= 4 is 51.2 Å². The maximum absolute atomic E-state index is 15.9. The number of aryl methyl sites for hydroxylation is 1. The van der Waals surface area contributed by atoms with Gasteiger partial charge >= 0.3 is 11.8 Å². The zero-order valence-corrected chi connectivity index (χ0v) is 33.2. The number of pyridine rings is 1. The highest BCUT2D eigenvalue weighted by Gasteiger charge is 2.41. The van der Waals surface area contributed by atoms with Crippen LogP contribution in [0.1, 0.15) is 71.8 Å². The molecule has 1 saturated carbocycles. The molecule has 2 aliphatic heterocycles. The van der Waals surface area contributed by atoms with E-state index in [0.29, 0.717) is 46.5 Å². The van der Waals surface area contributed by atoms with E-state index in [1.807, 2.05) is 37.9 Å². The number of carbonyl (C=O) groups is 1. The number of aromatic amines is 1. The number of carbonyl (C=O) groups excluding carboxylic acids is 1. The largest absolute Gasteiger partial charge is 0.444 e. The number of fused-ring (bicyclic) bond motifs is 3. The van der Waals surface area contributed by atoms with Gasteiger partial charge < -0.3 is 19.5 Å². The quantitative estimate of drug-likeness (QED) is 0.195. The molecule has 6 heterocycles. The molecule has 2 atom stereocenters. The summed E-state index contributed by atoms with van der Waals surface area (Å²) < 4.78 is 25.6. The lowest BCUT2D eigenvalue weighted by molar-refractivity contribution is -0.00173. The van der Waals surface area contributed by atoms with Gasteiger partial charge in [-0.3, -0.25) is 14.0 Å². The first-order valence-corrected chi connectivity index (χ1v) is 19.9. The number of halogens is 3. The number of rotatable bonds is 5. The molecule has 15 heteroatoms. The summed E-state index contributed by atoms with van der Waals surface area (Å²) in [6, 6.07) is 6.24. The minimum atomic E-state index is -1.06. The van der Waals surface area contributed by atoms with Crippen LogP contribution in [-0.2, 0) is 11.8 Å². The summed E-state index contributed by atoms with van der Waals surface area (Å²) in [5, 5.41) is 5.75. The molecule has 1 aliphatic carbocycles. The molecule has 1 aromatic carbocycles. The summed E-state index contributed by atoms with van der Waals surface area (Å²) >= 11 is 12.8. The van der Waals surface area contributed by atoms with Crippen LogP contribution in [0.5, 0.6) is 0 Å². The van der Waals surface area contributed by atoms with Crippen molar-refractivity contribution in [1.82, 2.24) is 38.7 Å². The Morgan fingerprint density at radius 1 is 1.02 bits per heavy atom. The summed E-state index contributed by atoms with van der Waals surface area (Å²) in [5.41, 5.74) is 1.11. The molecule has 0 unspecified atom stereocenters. The molecule has 0 radical (unpaired) electrons. The SMILES string of the molecule is Cn1c(=O)n(-c2c(Cl)cccc2Cl)c(=O)c2cnc3[nH]c(-c4cnn([C@@H]5CCN(CC6CCC7(CC6)CCN(C(=O)OC(C)(C)C)CC7)C[C@@H]5F)c4)cc3c21. The second kappa shape index (κ2) is 14.4. The lowest BCUT2D eigenvalue weighted by Gasteiger charge is -2.47. The fraction of sp³-hybridized carbons (Fsp3) is 0.525. The normalized spacial score (nSPS) is 21.2. The Bertz CT molecular complexity index is 2360. The molecular weight excluding hydrogens is 746 g/mol. The predicted molar refractivity (Wildman–Crippen MR) is 212 cm³/mol. The monoisotopic (exact) mass is 792 g/mol. The highest BCUT2D eigenvalue weighted by atomic mass is 35.5. The van der Waals surface area contributed by atoms with E-state index in [2.05, 4.69) is 20.0 Å². The maximum Gasteiger partial charge on any atom is 0.410 e. The molecule has 292 valence electrons. The van der Waals surface area contributed by atoms with E-state index in [9.17, 15) is 14.4 Å². The average molecular weight is 794 g/mol. The molecule has 1 spiro atoms. The number of hydrogen-bond donors (Lipinski definition) is 1. The van der Waals surface area contributed by atoms with Gasteiger partial charge in [0, 0.05) is 63.1 Å². The fourth-order valence-electron chi connectivity index (χ4n) is 8.99. The molecule has 3 fully saturated rings. The number of hydrogen-bond acceptors (Lipinski definition) is 7. The van der Waals surface area contributed by atoms with Crippen LogP contribution in [0.15, 0.2) is 52.4 Å². The molecule has 1 N–H and O–H groups in total. The lowest BCUT2D eigenvalue weighted by Crippen LogP contribution is -2.47. The smallest absolute Gasteiger partial charge is 0.410 e. The third-order valence-corrected chi connectivity index (χ3v) is 12.6. The Kier molecular flexibility index (Phi) is 9.86. The molecule has 55 heavy (non-hydrogen) atoms. The summed E-state index contributed by atoms with van der Waals surface area (Å²) in [4.78, 5) is 51.8. The van der Waals surface area contributed by atoms with E-state index >= 15 is 4.39 Å². The molecule has 5 aromatic rings. The van der Waals surface area contributed by atoms with Gasteiger partial charge in [-0.1, -0.05) is 29.3 Å². The number of para-hydroxylation sites is 1. The Hall–Kier alpha value is -4.20. The average Bonchev–Trinajstić information content (AvgIpc) is 3.80. The third kappa shape index (κ3) is 7.19. The lowest BCUT2D eigenvalue weighted by atomic mass is 9.65. The number of nitrogens with one attached hydrogen (secondary N) is 1. The van der Waals surface area contributed by atoms with Crippen molar-refractivity contribution in [2.45, 2.75) is 83.5 Å². The second-order valence-electron chi connectivity index (χ2n) is 16.8. The fourth-order valence-corrected chi connectivity index (χ4v) is 9.56. The van der Waals surface area contributed by atoms with Crippen LogP contribution in [0.2, 0.25) is 10.0 Å². The first-order chi connectivity index (χ1) is 26.2. The number of likely N-dealkylation sites (tertiary alicyclic amines) is 2. The Balaban J connectivity index is 0.911. The summed E-state index contributed by atoms with van der Waals surface area (Å²) in [7, 11) is 1.59. The number of alkyl halides is 1. The molecule has 12 nitrogen and oxygen atoms in total. The molecule has 0 bridgehead atoms. The van der Waals surface area contributed by atoms with E-state index in [-0.39, 0.29) is 33.3 Å². The summed E-state index contributed by atoms with van der Waals surface area (Å²) in [6.45, 7) is 9.31. The number of aromatic nitrogens is 6. The first-order valence-electron chi connectivity index (χ1n) is 19.2. The minimum absolute atomic E-state index is 0.120. The van der Waals surface area contributed by atoms with Crippen LogP contribution in [0.3, 0.4) is 0 Å². The zero-order chi connectivity index (χ0) is 38.8. The van der Waals surface area contributed by atoms with Gasteiger partial charge in [0.25, 0.3) is 5.56 Å². The predicted octanol–water partition coefficient (Wildman–Crippen LogP) is 7.53. The van der Waals surface area contributed by atoms with E-state index in [0.717, 1.165) is 74.8 Å². The molecule has 3 aliphatic rings. The number of piperidine rings is 2. The van der Waals surface area contributed by atoms with E-state index in [4.69, 9.17) is 27.9 Å². The Morgan fingerprint density at radius 3 is 2.40 bits per heavy atom. The van der Waals surface area contributed by atoms with Gasteiger partial charge in [-0.25, -0.2) is 23.5 Å². The van der Waals surface area contributed by atoms with Crippen molar-refractivity contribution in [1.29, 1.82) is 0 Å². The van der Waals surface area contributed by atoms with Crippen LogP contribution in [-0.4, -0.2) is 89.3 Å². The highest BCUT2D eigenvalue weighted by Crippen LogP contribution is 2.47. The number of amides is 1. The van der Waals surface area contributed by atoms with Crippen molar-refractivity contribution in [3.05, 3.63) is 73.7 Å². The van der Waals surface area contributed by atoms with E-state index in [1.54, 1.807) is 36.1 Å². The van der Waals surface area contributed by atoms with Crippen molar-refractivity contribution < 1.29 is 13.9 Å². The van der Waals surface area contributed by atoms with Gasteiger partial charge in [0.1, 0.15) is 17.4 Å². The molecular formula is C40H47Cl2FN8O4. The van der Waals surface area contributed by atoms with Gasteiger partial charge in [-0.15, -0.1) is 0 Å². The number of nitrogens with zero attached hydrogens (tertiary/aromatic N) is 7. The highest BCUT2D eigenvalue weighted by molar-refractivity contribution is 6.37. The van der Waals surface area contributed by atoms with E-state index < -0.39 is 23.0 Å². The summed E-state index contributed by atoms with van der Waals surface area (Å²) in [6.07, 6.45) is 11.0. The standard InChI is InChI=1S/C40H47Cl2FN8O4/c1-39(2,3)55-38(54)49-16-13-40(14-17-49)11-8-24(9-12-40)21-48-15-10-32(30(43)23-48)50-22-25(19-45-50)31-18-26-33-27(20-44-35(26)46-31)36(52)51(37(53)47(33)4)34-28(41)6-5-7-29(34)42/h5-7,18-20,22,24,30,32H,8-17,21,23H2,1-4H3,(H,44,46)/t30-,32+/m0/s1. The van der Waals surface area contributed by atoms with Crippen LogP contribution >= 0.6 is 23.2 Å². The Labute approximate surface area is 328 Å². The van der Waals surface area contributed by atoms with Crippen LogP contribution in [0, 0.1) is 11.3 Å². The Morgan fingerprint density at radius 2 is 1.73 bits per heavy atom. The molecule has 2 saturated heterocycles. The minimum Gasteiger partial charge on any atom is -0.444 e. The van der Waals surface area contributed by atoms with Gasteiger partial charge in [0.05, 0.1) is 44.6 Å². The first kappa shape index (κ1) is 37.7. The number of ether oxygens (including phenoxy) is 1. The zero-order valence-electron chi connectivity index (χ0n) is 31.7. The topological polar surface area (TPSA) is 123 Å². The third-order valence-electron chi connectivity index (χ3n) is 12.0. The second-order valence-corrected chi connectivity index (χ2v) is 17.6. The van der Waals surface area contributed by atoms with Crippen LogP contribution in [0.4, 0.5) is 9.18 Å². The molecule has 8 rings (SSSR count). The maximum atomic E-state index is 15.9.